The van der Waals surface area contributed by atoms with Crippen molar-refractivity contribution in [3.8, 4) is 17.2 Å². The summed E-state index contributed by atoms with van der Waals surface area (Å²) in [7, 11) is 2.86. The zero-order valence-electron chi connectivity index (χ0n) is 15.0. The highest BCUT2D eigenvalue weighted by Gasteiger charge is 2.17. The molecule has 0 bridgehead atoms. The van der Waals surface area contributed by atoms with Crippen LogP contribution < -0.4 is 19.5 Å². The molecule has 0 aliphatic carbocycles. The van der Waals surface area contributed by atoms with Crippen LogP contribution in [0.4, 0.5) is 0 Å². The molecular formula is C19H20ClNO6. The first kappa shape index (κ1) is 20.4. The van der Waals surface area contributed by atoms with Crippen molar-refractivity contribution in [2.24, 2.45) is 0 Å². The monoisotopic (exact) mass is 393 g/mol. The number of hydrogen-bond donors (Lipinski definition) is 1. The van der Waals surface area contributed by atoms with E-state index in [9.17, 15) is 9.59 Å². The van der Waals surface area contributed by atoms with Gasteiger partial charge in [0.15, 0.2) is 18.1 Å². The summed E-state index contributed by atoms with van der Waals surface area (Å²) >= 11 is 6.05. The Balaban J connectivity index is 1.77. The lowest BCUT2D eigenvalue weighted by Crippen LogP contribution is -2.32. The molecule has 7 nitrogen and oxygen atoms in total. The fraction of sp³-hybridized carbons (Fsp3) is 0.263. The van der Waals surface area contributed by atoms with Crippen molar-refractivity contribution in [3.05, 3.63) is 53.1 Å². The molecule has 0 heterocycles. The number of carbonyl (C=O) groups excluding carboxylic acids is 2. The van der Waals surface area contributed by atoms with E-state index in [0.29, 0.717) is 23.9 Å². The maximum Gasteiger partial charge on any atom is 0.338 e. The average molecular weight is 394 g/mol. The molecule has 1 amide bonds. The summed E-state index contributed by atoms with van der Waals surface area (Å²) in [5.74, 6) is 0.176. The molecule has 0 radical (unpaired) electrons. The molecule has 0 saturated heterocycles. The van der Waals surface area contributed by atoms with Crippen molar-refractivity contribution in [2.75, 3.05) is 34.0 Å². The quantitative estimate of drug-likeness (QED) is 0.521. The molecule has 2 rings (SSSR count). The number of benzene rings is 2. The molecule has 2 aromatic rings. The third-order valence-corrected chi connectivity index (χ3v) is 3.72. The second-order valence-corrected chi connectivity index (χ2v) is 5.69. The van der Waals surface area contributed by atoms with Crippen molar-refractivity contribution >= 4 is 23.5 Å². The summed E-state index contributed by atoms with van der Waals surface area (Å²) in [5.41, 5.74) is 0.151. The van der Waals surface area contributed by atoms with Crippen molar-refractivity contribution in [2.45, 2.75) is 0 Å². The third kappa shape index (κ3) is 6.07. The van der Waals surface area contributed by atoms with Gasteiger partial charge in [0.2, 0.25) is 0 Å². The van der Waals surface area contributed by atoms with E-state index in [-0.39, 0.29) is 17.1 Å². The van der Waals surface area contributed by atoms with Crippen LogP contribution in [0.15, 0.2) is 42.5 Å². The summed E-state index contributed by atoms with van der Waals surface area (Å²) < 4.78 is 20.7. The second-order valence-electron chi connectivity index (χ2n) is 5.28. The predicted molar refractivity (Wildman–Crippen MR) is 99.8 cm³/mol. The van der Waals surface area contributed by atoms with Crippen LogP contribution in [0.25, 0.3) is 0 Å². The van der Waals surface area contributed by atoms with Crippen LogP contribution >= 0.6 is 11.6 Å². The highest BCUT2D eigenvalue weighted by molar-refractivity contribution is 6.32. The molecule has 0 saturated carbocycles. The van der Waals surface area contributed by atoms with Crippen molar-refractivity contribution < 1.29 is 28.5 Å². The van der Waals surface area contributed by atoms with Gasteiger partial charge in [0, 0.05) is 0 Å². The standard InChI is InChI=1S/C19H20ClNO6/c1-24-16-11-13(10-15(20)18(16)25-2)19(23)27-12-17(22)21-8-9-26-14-6-4-3-5-7-14/h3-7,10-11H,8-9,12H2,1-2H3,(H,21,22). The Labute approximate surface area is 162 Å². The number of para-hydroxylation sites is 1. The van der Waals surface area contributed by atoms with Crippen LogP contribution in [0.5, 0.6) is 17.2 Å². The molecular weight excluding hydrogens is 374 g/mol. The van der Waals surface area contributed by atoms with Gasteiger partial charge in [0.1, 0.15) is 12.4 Å². The lowest BCUT2D eigenvalue weighted by molar-refractivity contribution is -0.124. The number of nitrogens with one attached hydrogen (secondary N) is 1. The van der Waals surface area contributed by atoms with Crippen molar-refractivity contribution in [1.29, 1.82) is 0 Å². The number of amides is 1. The molecule has 27 heavy (non-hydrogen) atoms. The van der Waals surface area contributed by atoms with Gasteiger partial charge >= 0.3 is 5.97 Å². The van der Waals surface area contributed by atoms with Gasteiger partial charge < -0.3 is 24.3 Å². The van der Waals surface area contributed by atoms with E-state index in [0.717, 1.165) is 0 Å². The molecule has 1 N–H and O–H groups in total. The lowest BCUT2D eigenvalue weighted by Gasteiger charge is -2.11. The molecule has 0 aliphatic heterocycles. The first-order chi connectivity index (χ1) is 13.0. The Morgan fingerprint density at radius 2 is 1.81 bits per heavy atom. The minimum atomic E-state index is -0.700. The molecule has 0 atom stereocenters. The zero-order chi connectivity index (χ0) is 19.6. The fourth-order valence-corrected chi connectivity index (χ4v) is 2.47. The normalized spacial score (nSPS) is 10.0. The maximum atomic E-state index is 12.1. The van der Waals surface area contributed by atoms with Crippen molar-refractivity contribution in [1.82, 2.24) is 5.32 Å². The highest BCUT2D eigenvalue weighted by Crippen LogP contribution is 2.36. The Kier molecular flexibility index (Phi) is 7.76. The van der Waals surface area contributed by atoms with Crippen LogP contribution in [-0.4, -0.2) is 45.9 Å². The summed E-state index contributed by atoms with van der Waals surface area (Å²) in [6.45, 7) is 0.165. The van der Waals surface area contributed by atoms with Crippen LogP contribution in [0.1, 0.15) is 10.4 Å². The van der Waals surface area contributed by atoms with Crippen LogP contribution in [0.2, 0.25) is 5.02 Å². The summed E-state index contributed by atoms with van der Waals surface area (Å²) in [4.78, 5) is 23.9. The Morgan fingerprint density at radius 1 is 1.07 bits per heavy atom. The molecule has 8 heteroatoms. The van der Waals surface area contributed by atoms with Crippen molar-refractivity contribution in [3.63, 3.8) is 0 Å². The first-order valence-electron chi connectivity index (χ1n) is 8.08. The molecule has 144 valence electrons. The van der Waals surface area contributed by atoms with E-state index >= 15 is 0 Å². The minimum Gasteiger partial charge on any atom is -0.493 e. The van der Waals surface area contributed by atoms with Gasteiger partial charge in [-0.3, -0.25) is 4.79 Å². The van der Waals surface area contributed by atoms with Gasteiger partial charge in [0.05, 0.1) is 31.4 Å². The number of halogens is 1. The number of rotatable bonds is 9. The number of carbonyl (C=O) groups is 2. The largest absolute Gasteiger partial charge is 0.493 e. The Morgan fingerprint density at radius 3 is 2.48 bits per heavy atom. The lowest BCUT2D eigenvalue weighted by atomic mass is 10.2. The van der Waals surface area contributed by atoms with Crippen LogP contribution in [0.3, 0.4) is 0 Å². The molecule has 0 aromatic heterocycles. The predicted octanol–water partition coefficient (Wildman–Crippen LogP) is 2.71. The van der Waals surface area contributed by atoms with E-state index in [1.807, 2.05) is 30.3 Å². The molecule has 0 spiro atoms. The van der Waals surface area contributed by atoms with Gasteiger partial charge in [-0.05, 0) is 24.3 Å². The minimum absolute atomic E-state index is 0.151. The number of hydrogen-bond acceptors (Lipinski definition) is 6. The Bertz CT molecular complexity index is 781. The smallest absolute Gasteiger partial charge is 0.338 e. The molecule has 2 aromatic carbocycles. The van der Waals surface area contributed by atoms with E-state index in [1.165, 1.54) is 26.4 Å². The molecule has 0 unspecified atom stereocenters. The number of ether oxygens (including phenoxy) is 4. The van der Waals surface area contributed by atoms with E-state index in [1.54, 1.807) is 0 Å². The van der Waals surface area contributed by atoms with E-state index < -0.39 is 18.5 Å². The summed E-state index contributed by atoms with van der Waals surface area (Å²) in [6.07, 6.45) is 0. The summed E-state index contributed by atoms with van der Waals surface area (Å²) in [5, 5.41) is 2.80. The van der Waals surface area contributed by atoms with Gasteiger partial charge in [-0.15, -0.1) is 0 Å². The summed E-state index contributed by atoms with van der Waals surface area (Å²) in [6, 6.07) is 12.0. The van der Waals surface area contributed by atoms with Crippen LogP contribution in [-0.2, 0) is 9.53 Å². The van der Waals surface area contributed by atoms with E-state index in [4.69, 9.17) is 30.5 Å². The average Bonchev–Trinajstić information content (AvgIpc) is 2.69. The van der Waals surface area contributed by atoms with Gasteiger partial charge in [-0.2, -0.15) is 0 Å². The van der Waals surface area contributed by atoms with Gasteiger partial charge in [0.25, 0.3) is 5.91 Å². The fourth-order valence-electron chi connectivity index (χ4n) is 2.18. The number of esters is 1. The SMILES string of the molecule is COc1cc(C(=O)OCC(=O)NCCOc2ccccc2)cc(Cl)c1OC. The van der Waals surface area contributed by atoms with Gasteiger partial charge in [-0.25, -0.2) is 4.79 Å². The maximum absolute atomic E-state index is 12.1. The Hall–Kier alpha value is -2.93. The third-order valence-electron chi connectivity index (χ3n) is 3.44. The van der Waals surface area contributed by atoms with E-state index in [2.05, 4.69) is 5.32 Å². The first-order valence-corrected chi connectivity index (χ1v) is 8.46. The zero-order valence-corrected chi connectivity index (χ0v) is 15.7. The van der Waals surface area contributed by atoms with Crippen LogP contribution in [0, 0.1) is 0 Å². The van der Waals surface area contributed by atoms with Gasteiger partial charge in [-0.1, -0.05) is 29.8 Å². The highest BCUT2D eigenvalue weighted by atomic mass is 35.5. The molecule has 0 aliphatic rings. The second kappa shape index (κ2) is 10.3. The molecule has 0 fully saturated rings. The topological polar surface area (TPSA) is 83.1 Å². The number of methoxy groups -OCH3 is 2.